The SMILES string of the molecule is CC(=O)NC(C)(C)C1CCC(I(C)C)CC1. The van der Waals surface area contributed by atoms with E-state index in [0.717, 1.165) is 3.92 Å². The number of carbonyl (C=O) groups is 1. The minimum absolute atomic E-state index is 0.0165. The molecule has 0 atom stereocenters. The number of carbonyl (C=O) groups excluding carboxylic acids is 1. The second-order valence-corrected chi connectivity index (χ2v) is 12.1. The van der Waals surface area contributed by atoms with Crippen LogP contribution in [0.15, 0.2) is 0 Å². The molecule has 0 spiro atoms. The summed E-state index contributed by atoms with van der Waals surface area (Å²) < 4.78 is 1.05. The first kappa shape index (κ1) is 14.3. The van der Waals surface area contributed by atoms with Gasteiger partial charge in [0, 0.05) is 0 Å². The Kier molecular flexibility index (Phi) is 5.08. The fourth-order valence-corrected chi connectivity index (χ4v) is 5.98. The molecule has 1 aliphatic carbocycles. The summed E-state index contributed by atoms with van der Waals surface area (Å²) >= 11 is -0.610. The molecule has 0 aromatic rings. The van der Waals surface area contributed by atoms with Crippen molar-refractivity contribution in [2.75, 3.05) is 9.86 Å². The zero-order valence-electron chi connectivity index (χ0n) is 11.3. The summed E-state index contributed by atoms with van der Waals surface area (Å²) in [6.45, 7) is 5.97. The Hall–Kier alpha value is 0.200. The van der Waals surface area contributed by atoms with Crippen molar-refractivity contribution in [3.63, 3.8) is 0 Å². The summed E-state index contributed by atoms with van der Waals surface area (Å²) in [7, 11) is 0. The first-order valence-electron chi connectivity index (χ1n) is 6.10. The minimum atomic E-state index is -0.610. The van der Waals surface area contributed by atoms with Crippen molar-refractivity contribution >= 4 is 25.7 Å². The van der Waals surface area contributed by atoms with Crippen molar-refractivity contribution in [3.05, 3.63) is 0 Å². The van der Waals surface area contributed by atoms with Gasteiger partial charge in [-0.3, -0.25) is 0 Å². The van der Waals surface area contributed by atoms with Crippen LogP contribution in [-0.2, 0) is 4.79 Å². The van der Waals surface area contributed by atoms with E-state index in [-0.39, 0.29) is 11.4 Å². The van der Waals surface area contributed by atoms with Gasteiger partial charge in [-0.1, -0.05) is 0 Å². The van der Waals surface area contributed by atoms with Crippen molar-refractivity contribution in [2.24, 2.45) is 5.92 Å². The molecule has 3 heteroatoms. The van der Waals surface area contributed by atoms with Crippen LogP contribution in [0.2, 0.25) is 0 Å². The molecule has 96 valence electrons. The van der Waals surface area contributed by atoms with Crippen LogP contribution in [0.25, 0.3) is 0 Å². The molecular weight excluding hydrogens is 313 g/mol. The van der Waals surface area contributed by atoms with E-state index in [1.54, 1.807) is 6.92 Å². The van der Waals surface area contributed by atoms with Crippen LogP contribution in [0, 0.1) is 5.92 Å². The predicted molar refractivity (Wildman–Crippen MR) is 79.5 cm³/mol. The Morgan fingerprint density at radius 1 is 1.19 bits per heavy atom. The van der Waals surface area contributed by atoms with Crippen LogP contribution in [-0.4, -0.2) is 25.2 Å². The zero-order valence-corrected chi connectivity index (χ0v) is 13.4. The second-order valence-electron chi connectivity index (χ2n) is 5.67. The Morgan fingerprint density at radius 3 is 2.06 bits per heavy atom. The number of alkyl halides is 3. The van der Waals surface area contributed by atoms with E-state index >= 15 is 0 Å². The van der Waals surface area contributed by atoms with Crippen LogP contribution < -0.4 is 5.32 Å². The summed E-state index contributed by atoms with van der Waals surface area (Å²) in [4.78, 5) is 16.1. The molecule has 2 nitrogen and oxygen atoms in total. The van der Waals surface area contributed by atoms with E-state index in [9.17, 15) is 4.79 Å². The Labute approximate surface area is 107 Å². The van der Waals surface area contributed by atoms with Gasteiger partial charge in [0.05, 0.1) is 0 Å². The van der Waals surface area contributed by atoms with E-state index in [4.69, 9.17) is 0 Å². The van der Waals surface area contributed by atoms with Crippen LogP contribution in [0.1, 0.15) is 46.5 Å². The Bertz CT molecular complexity index is 242. The maximum absolute atomic E-state index is 11.2. The zero-order chi connectivity index (χ0) is 12.3. The van der Waals surface area contributed by atoms with Gasteiger partial charge >= 0.3 is 108 Å². The van der Waals surface area contributed by atoms with E-state index in [2.05, 4.69) is 29.0 Å². The van der Waals surface area contributed by atoms with Crippen molar-refractivity contribution in [1.82, 2.24) is 5.32 Å². The van der Waals surface area contributed by atoms with E-state index in [1.807, 2.05) is 0 Å². The average molecular weight is 339 g/mol. The molecule has 16 heavy (non-hydrogen) atoms. The molecule has 1 N–H and O–H groups in total. The molecule has 1 saturated carbocycles. The van der Waals surface area contributed by atoms with Gasteiger partial charge in [0.2, 0.25) is 0 Å². The van der Waals surface area contributed by atoms with Crippen molar-refractivity contribution in [3.8, 4) is 0 Å². The van der Waals surface area contributed by atoms with E-state index < -0.39 is 19.8 Å². The number of hydrogen-bond acceptors (Lipinski definition) is 1. The maximum atomic E-state index is 11.2. The molecule has 1 aliphatic rings. The number of halogens is 1. The number of amides is 1. The van der Waals surface area contributed by atoms with Gasteiger partial charge in [-0.2, -0.15) is 0 Å². The van der Waals surface area contributed by atoms with Crippen LogP contribution in [0.5, 0.6) is 0 Å². The van der Waals surface area contributed by atoms with Crippen LogP contribution in [0.4, 0.5) is 0 Å². The fraction of sp³-hybridized carbons (Fsp3) is 0.923. The quantitative estimate of drug-likeness (QED) is 0.621. The number of nitrogens with one attached hydrogen (secondary N) is 1. The summed E-state index contributed by atoms with van der Waals surface area (Å²) in [5.74, 6) is 0.773. The molecule has 0 aromatic carbocycles. The first-order chi connectivity index (χ1) is 7.33. The Morgan fingerprint density at radius 2 is 1.69 bits per heavy atom. The fourth-order valence-electron chi connectivity index (χ4n) is 2.77. The topological polar surface area (TPSA) is 29.1 Å². The average Bonchev–Trinajstić information content (AvgIpc) is 2.16. The summed E-state index contributed by atoms with van der Waals surface area (Å²) in [6, 6.07) is 0. The third-order valence-electron chi connectivity index (χ3n) is 3.79. The molecule has 0 radical (unpaired) electrons. The van der Waals surface area contributed by atoms with Gasteiger partial charge in [-0.25, -0.2) is 0 Å². The molecule has 0 aromatic heterocycles. The monoisotopic (exact) mass is 339 g/mol. The third-order valence-corrected chi connectivity index (χ3v) is 8.56. The molecule has 0 heterocycles. The van der Waals surface area contributed by atoms with Gasteiger partial charge in [0.25, 0.3) is 0 Å². The van der Waals surface area contributed by atoms with Crippen molar-refractivity contribution < 1.29 is 4.79 Å². The van der Waals surface area contributed by atoms with Gasteiger partial charge < -0.3 is 0 Å². The van der Waals surface area contributed by atoms with Crippen molar-refractivity contribution in [2.45, 2.75) is 55.9 Å². The predicted octanol–water partition coefficient (Wildman–Crippen LogP) is 3.23. The second kappa shape index (κ2) is 5.69. The van der Waals surface area contributed by atoms with E-state index in [0.29, 0.717) is 5.92 Å². The molecule has 0 bridgehead atoms. The van der Waals surface area contributed by atoms with Crippen LogP contribution >= 0.6 is 19.8 Å². The van der Waals surface area contributed by atoms with Gasteiger partial charge in [0.1, 0.15) is 0 Å². The molecule has 0 saturated heterocycles. The summed E-state index contributed by atoms with van der Waals surface area (Å²) in [5.41, 5.74) is -0.0165. The van der Waals surface area contributed by atoms with Gasteiger partial charge in [-0.15, -0.1) is 0 Å². The van der Waals surface area contributed by atoms with Gasteiger partial charge in [-0.05, 0) is 0 Å². The summed E-state index contributed by atoms with van der Waals surface area (Å²) in [6.07, 6.45) is 5.39. The first-order valence-corrected chi connectivity index (χ1v) is 11.7. The molecular formula is C13H26INO. The molecule has 0 unspecified atom stereocenters. The van der Waals surface area contributed by atoms with Crippen molar-refractivity contribution in [1.29, 1.82) is 0 Å². The standard InChI is InChI=1S/C13H26INO/c1-10(16)15-13(2,3)11-6-8-12(9-7-11)14(4)5/h11-12H,6-9H2,1-5H3,(H,15,16). The van der Waals surface area contributed by atoms with Gasteiger partial charge in [0.15, 0.2) is 0 Å². The molecule has 1 fully saturated rings. The van der Waals surface area contributed by atoms with Crippen LogP contribution in [0.3, 0.4) is 0 Å². The number of hydrogen-bond donors (Lipinski definition) is 1. The Balaban J connectivity index is 2.49. The third kappa shape index (κ3) is 3.90. The number of rotatable bonds is 3. The molecule has 1 amide bonds. The normalized spacial score (nSPS) is 27.4. The van der Waals surface area contributed by atoms with E-state index in [1.165, 1.54) is 25.7 Å². The summed E-state index contributed by atoms with van der Waals surface area (Å²) in [5, 5.41) is 3.11. The molecule has 0 aliphatic heterocycles. The molecule has 1 rings (SSSR count).